The van der Waals surface area contributed by atoms with Crippen LogP contribution >= 0.6 is 0 Å². The zero-order valence-electron chi connectivity index (χ0n) is 12.1. The lowest BCUT2D eigenvalue weighted by atomic mass is 9.92. The summed E-state index contributed by atoms with van der Waals surface area (Å²) in [7, 11) is 0. The fraction of sp³-hybridized carbons (Fsp3) is 0.588. The first-order valence-electron chi connectivity index (χ1n) is 7.85. The van der Waals surface area contributed by atoms with Gasteiger partial charge in [0.25, 0.3) is 0 Å². The van der Waals surface area contributed by atoms with Gasteiger partial charge in [-0.3, -0.25) is 4.79 Å². The van der Waals surface area contributed by atoms with Crippen molar-refractivity contribution in [3.63, 3.8) is 0 Å². The molecule has 1 amide bonds. The molecule has 108 valence electrons. The number of carbonyl (C=O) groups is 1. The summed E-state index contributed by atoms with van der Waals surface area (Å²) in [5.74, 6) is 1.92. The second-order valence-corrected chi connectivity index (χ2v) is 6.12. The monoisotopic (exact) mass is 272 g/mol. The van der Waals surface area contributed by atoms with Crippen molar-refractivity contribution in [2.75, 3.05) is 26.2 Å². The largest absolute Gasteiger partial charge is 0.343 e. The summed E-state index contributed by atoms with van der Waals surface area (Å²) in [6.07, 6.45) is 3.87. The molecule has 0 saturated carbocycles. The topological polar surface area (TPSA) is 32.3 Å². The third-order valence-corrected chi connectivity index (χ3v) is 4.84. The quantitative estimate of drug-likeness (QED) is 0.913. The molecule has 2 atom stereocenters. The number of likely N-dealkylation sites (tertiary alicyclic amines) is 1. The van der Waals surface area contributed by atoms with Gasteiger partial charge in [-0.15, -0.1) is 0 Å². The lowest BCUT2D eigenvalue weighted by Crippen LogP contribution is -2.32. The highest BCUT2D eigenvalue weighted by atomic mass is 16.2. The van der Waals surface area contributed by atoms with Crippen LogP contribution < -0.4 is 5.32 Å². The van der Waals surface area contributed by atoms with Crippen LogP contribution in [0.5, 0.6) is 0 Å². The van der Waals surface area contributed by atoms with E-state index >= 15 is 0 Å². The second-order valence-electron chi connectivity index (χ2n) is 6.12. The molecule has 2 fully saturated rings. The number of amides is 1. The average molecular weight is 272 g/mol. The molecule has 0 aliphatic carbocycles. The first kappa shape index (κ1) is 13.6. The lowest BCUT2D eigenvalue weighted by molar-refractivity contribution is -0.131. The van der Waals surface area contributed by atoms with E-state index in [4.69, 9.17) is 0 Å². The van der Waals surface area contributed by atoms with Gasteiger partial charge in [0.05, 0.1) is 0 Å². The number of benzene rings is 1. The molecule has 20 heavy (non-hydrogen) atoms. The van der Waals surface area contributed by atoms with Crippen molar-refractivity contribution in [3.05, 3.63) is 35.9 Å². The average Bonchev–Trinajstić information content (AvgIpc) is 2.84. The maximum Gasteiger partial charge on any atom is 0.222 e. The van der Waals surface area contributed by atoms with Crippen molar-refractivity contribution < 1.29 is 4.79 Å². The minimum absolute atomic E-state index is 0.335. The third-order valence-electron chi connectivity index (χ3n) is 4.84. The van der Waals surface area contributed by atoms with Crippen molar-refractivity contribution in [3.8, 4) is 0 Å². The first-order valence-corrected chi connectivity index (χ1v) is 7.85. The van der Waals surface area contributed by atoms with Crippen molar-refractivity contribution in [1.29, 1.82) is 0 Å². The van der Waals surface area contributed by atoms with Gasteiger partial charge in [-0.2, -0.15) is 0 Å². The number of fused-ring (bicyclic) bond motifs is 1. The number of hydrogen-bond acceptors (Lipinski definition) is 2. The Kier molecular flexibility index (Phi) is 4.36. The number of carbonyl (C=O) groups excluding carboxylic acids is 1. The smallest absolute Gasteiger partial charge is 0.222 e. The molecule has 3 rings (SSSR count). The molecule has 0 aromatic heterocycles. The molecular weight excluding hydrogens is 248 g/mol. The molecule has 2 heterocycles. The van der Waals surface area contributed by atoms with Gasteiger partial charge in [0, 0.05) is 19.5 Å². The van der Waals surface area contributed by atoms with Gasteiger partial charge in [-0.05, 0) is 49.8 Å². The van der Waals surface area contributed by atoms with E-state index in [1.54, 1.807) is 0 Å². The van der Waals surface area contributed by atoms with Crippen molar-refractivity contribution >= 4 is 5.91 Å². The van der Waals surface area contributed by atoms with E-state index in [0.29, 0.717) is 12.3 Å². The normalized spacial score (nSPS) is 26.1. The molecule has 2 saturated heterocycles. The summed E-state index contributed by atoms with van der Waals surface area (Å²) >= 11 is 0. The number of nitrogens with zero attached hydrogens (tertiary/aromatic N) is 1. The maximum atomic E-state index is 12.4. The van der Waals surface area contributed by atoms with E-state index in [1.807, 2.05) is 18.2 Å². The van der Waals surface area contributed by atoms with Crippen LogP contribution in [-0.2, 0) is 11.2 Å². The molecular formula is C17H24N2O. The molecule has 3 nitrogen and oxygen atoms in total. The van der Waals surface area contributed by atoms with Gasteiger partial charge in [0.15, 0.2) is 0 Å². The SMILES string of the molecule is O=C(CCc1ccccc1)N1CC[C@@H]2CNC[C@@H]2CC1. The molecule has 0 spiro atoms. The first-order chi connectivity index (χ1) is 9.83. The van der Waals surface area contributed by atoms with Crippen LogP contribution in [0.3, 0.4) is 0 Å². The van der Waals surface area contributed by atoms with Gasteiger partial charge in [-0.1, -0.05) is 30.3 Å². The van der Waals surface area contributed by atoms with Crippen LogP contribution in [0.4, 0.5) is 0 Å². The van der Waals surface area contributed by atoms with E-state index in [1.165, 1.54) is 18.4 Å². The molecule has 0 unspecified atom stereocenters. The van der Waals surface area contributed by atoms with E-state index in [2.05, 4.69) is 22.3 Å². The molecule has 0 bridgehead atoms. The minimum Gasteiger partial charge on any atom is -0.343 e. The summed E-state index contributed by atoms with van der Waals surface area (Å²) in [5.41, 5.74) is 1.26. The zero-order chi connectivity index (χ0) is 13.8. The summed E-state index contributed by atoms with van der Waals surface area (Å²) in [6, 6.07) is 10.3. The Balaban J connectivity index is 1.50. The molecule has 1 N–H and O–H groups in total. The Morgan fingerprint density at radius 3 is 2.40 bits per heavy atom. The summed E-state index contributed by atoms with van der Waals surface area (Å²) < 4.78 is 0. The van der Waals surface area contributed by atoms with Gasteiger partial charge >= 0.3 is 0 Å². The predicted octanol–water partition coefficient (Wildman–Crippen LogP) is 2.08. The van der Waals surface area contributed by atoms with Crippen LogP contribution in [0, 0.1) is 11.8 Å². The van der Waals surface area contributed by atoms with Gasteiger partial charge < -0.3 is 10.2 Å². The van der Waals surface area contributed by atoms with Gasteiger partial charge in [-0.25, -0.2) is 0 Å². The molecule has 3 heteroatoms. The standard InChI is InChI=1S/C17H24N2O/c20-17(7-6-14-4-2-1-3-5-14)19-10-8-15-12-18-13-16(15)9-11-19/h1-5,15-16,18H,6-13H2/t15-,16+. The molecule has 1 aromatic carbocycles. The van der Waals surface area contributed by atoms with Crippen LogP contribution in [0.2, 0.25) is 0 Å². The van der Waals surface area contributed by atoms with E-state index in [0.717, 1.165) is 44.4 Å². The van der Waals surface area contributed by atoms with Crippen LogP contribution in [0.25, 0.3) is 0 Å². The Hall–Kier alpha value is -1.35. The lowest BCUT2D eigenvalue weighted by Gasteiger charge is -2.21. The van der Waals surface area contributed by atoms with Crippen molar-refractivity contribution in [1.82, 2.24) is 10.2 Å². The third kappa shape index (κ3) is 3.21. The fourth-order valence-electron chi connectivity index (χ4n) is 3.52. The van der Waals surface area contributed by atoms with Crippen LogP contribution in [-0.4, -0.2) is 37.0 Å². The van der Waals surface area contributed by atoms with E-state index in [-0.39, 0.29) is 0 Å². The minimum atomic E-state index is 0.335. The number of nitrogens with one attached hydrogen (secondary N) is 1. The maximum absolute atomic E-state index is 12.4. The Labute approximate surface area is 121 Å². The van der Waals surface area contributed by atoms with Crippen LogP contribution in [0.15, 0.2) is 30.3 Å². The molecule has 0 radical (unpaired) electrons. The summed E-state index contributed by atoms with van der Waals surface area (Å²) in [5, 5.41) is 3.48. The number of hydrogen-bond donors (Lipinski definition) is 1. The molecule has 2 aliphatic heterocycles. The van der Waals surface area contributed by atoms with E-state index in [9.17, 15) is 4.79 Å². The van der Waals surface area contributed by atoms with Crippen LogP contribution in [0.1, 0.15) is 24.8 Å². The molecule has 2 aliphatic rings. The second kappa shape index (κ2) is 6.40. The zero-order valence-corrected chi connectivity index (χ0v) is 12.1. The highest BCUT2D eigenvalue weighted by Crippen LogP contribution is 2.27. The van der Waals surface area contributed by atoms with Crippen molar-refractivity contribution in [2.24, 2.45) is 11.8 Å². The number of rotatable bonds is 3. The molecule has 1 aromatic rings. The number of aryl methyl sites for hydroxylation is 1. The fourth-order valence-corrected chi connectivity index (χ4v) is 3.52. The van der Waals surface area contributed by atoms with Crippen molar-refractivity contribution in [2.45, 2.75) is 25.7 Å². The van der Waals surface area contributed by atoms with Gasteiger partial charge in [0.2, 0.25) is 5.91 Å². The summed E-state index contributed by atoms with van der Waals surface area (Å²) in [4.78, 5) is 14.5. The highest BCUT2D eigenvalue weighted by molar-refractivity contribution is 5.76. The van der Waals surface area contributed by atoms with Gasteiger partial charge in [0.1, 0.15) is 0 Å². The highest BCUT2D eigenvalue weighted by Gasteiger charge is 2.31. The predicted molar refractivity (Wildman–Crippen MR) is 80.4 cm³/mol. The Bertz CT molecular complexity index is 432. The Morgan fingerprint density at radius 2 is 1.75 bits per heavy atom. The summed E-state index contributed by atoms with van der Waals surface area (Å²) in [6.45, 7) is 4.21. The van der Waals surface area contributed by atoms with E-state index < -0.39 is 0 Å². The Morgan fingerprint density at radius 1 is 1.10 bits per heavy atom.